The van der Waals surface area contributed by atoms with Gasteiger partial charge in [0, 0.05) is 0 Å². The molecule has 11 heavy (non-hydrogen) atoms. The van der Waals surface area contributed by atoms with Crippen molar-refractivity contribution in [3.8, 4) is 0 Å². The highest BCUT2D eigenvalue weighted by atomic mass is 16.3. The maximum Gasteiger partial charge on any atom is 0.118 e. The van der Waals surface area contributed by atoms with Crippen LogP contribution in [0, 0.1) is 0 Å². The molecule has 1 nitrogen and oxygen atoms in total. The molecule has 0 bridgehead atoms. The van der Waals surface area contributed by atoms with E-state index in [0.29, 0.717) is 0 Å². The van der Waals surface area contributed by atoms with Gasteiger partial charge in [-0.05, 0) is 12.0 Å². The molecule has 0 aromatic heterocycles. The number of hydrogen-bond donors (Lipinski definition) is 0. The second kappa shape index (κ2) is 4.14. The average molecular weight is 149 g/mol. The molecule has 0 saturated carbocycles. The SMILES string of the molecule is CCCC([O])c1ccccc1. The molecular formula is C10H13O. The summed E-state index contributed by atoms with van der Waals surface area (Å²) in [5.74, 6) is 0. The first kappa shape index (κ1) is 8.28. The van der Waals surface area contributed by atoms with Crippen LogP contribution in [0.5, 0.6) is 0 Å². The molecule has 1 unspecified atom stereocenters. The normalized spacial score (nSPS) is 12.9. The van der Waals surface area contributed by atoms with Crippen molar-refractivity contribution in [2.45, 2.75) is 25.9 Å². The zero-order valence-electron chi connectivity index (χ0n) is 6.79. The van der Waals surface area contributed by atoms with Crippen LogP contribution in [-0.2, 0) is 5.11 Å². The van der Waals surface area contributed by atoms with Crippen LogP contribution in [0.25, 0.3) is 0 Å². The second-order valence-electron chi connectivity index (χ2n) is 2.69. The Balaban J connectivity index is 2.61. The Kier molecular flexibility index (Phi) is 3.12. The van der Waals surface area contributed by atoms with Gasteiger partial charge in [-0.1, -0.05) is 43.7 Å². The highest BCUT2D eigenvalue weighted by Gasteiger charge is 2.05. The Morgan fingerprint density at radius 3 is 2.45 bits per heavy atom. The van der Waals surface area contributed by atoms with Gasteiger partial charge in [0.2, 0.25) is 0 Å². The molecule has 1 aromatic rings. The van der Waals surface area contributed by atoms with Crippen LogP contribution >= 0.6 is 0 Å². The topological polar surface area (TPSA) is 19.9 Å². The van der Waals surface area contributed by atoms with E-state index < -0.39 is 6.10 Å². The summed E-state index contributed by atoms with van der Waals surface area (Å²) in [6, 6.07) is 9.55. The monoisotopic (exact) mass is 149 g/mol. The summed E-state index contributed by atoms with van der Waals surface area (Å²) in [5.41, 5.74) is 0.911. The molecule has 1 atom stereocenters. The lowest BCUT2D eigenvalue weighted by Crippen LogP contribution is -1.93. The van der Waals surface area contributed by atoms with Crippen LogP contribution in [0.3, 0.4) is 0 Å². The van der Waals surface area contributed by atoms with Crippen molar-refractivity contribution in [1.82, 2.24) is 0 Å². The smallest absolute Gasteiger partial charge is 0.118 e. The Bertz CT molecular complexity index is 193. The van der Waals surface area contributed by atoms with E-state index in [9.17, 15) is 5.11 Å². The minimum Gasteiger partial charge on any atom is -0.228 e. The Labute approximate surface area is 67.7 Å². The van der Waals surface area contributed by atoms with Gasteiger partial charge < -0.3 is 0 Å². The van der Waals surface area contributed by atoms with Crippen molar-refractivity contribution >= 4 is 0 Å². The summed E-state index contributed by atoms with van der Waals surface area (Å²) in [6.07, 6.45) is 1.17. The molecule has 0 saturated heterocycles. The average Bonchev–Trinajstić information content (AvgIpc) is 2.07. The lowest BCUT2D eigenvalue weighted by atomic mass is 10.1. The summed E-state index contributed by atoms with van der Waals surface area (Å²) < 4.78 is 0. The third kappa shape index (κ3) is 2.35. The van der Waals surface area contributed by atoms with Gasteiger partial charge in [0.05, 0.1) is 0 Å². The maximum absolute atomic E-state index is 11.3. The van der Waals surface area contributed by atoms with Gasteiger partial charge in [0.25, 0.3) is 0 Å². The lowest BCUT2D eigenvalue weighted by Gasteiger charge is -2.05. The predicted molar refractivity (Wildman–Crippen MR) is 44.8 cm³/mol. The van der Waals surface area contributed by atoms with Crippen molar-refractivity contribution in [2.75, 3.05) is 0 Å². The molecule has 0 N–H and O–H groups in total. The molecule has 59 valence electrons. The number of rotatable bonds is 3. The lowest BCUT2D eigenvalue weighted by molar-refractivity contribution is 0.0805. The second-order valence-corrected chi connectivity index (χ2v) is 2.69. The largest absolute Gasteiger partial charge is 0.228 e. The molecule has 0 amide bonds. The van der Waals surface area contributed by atoms with E-state index >= 15 is 0 Å². The highest BCUT2D eigenvalue weighted by molar-refractivity contribution is 5.16. The fraction of sp³-hybridized carbons (Fsp3) is 0.400. The molecule has 1 heteroatoms. The molecular weight excluding hydrogens is 136 g/mol. The van der Waals surface area contributed by atoms with E-state index in [1.807, 2.05) is 37.3 Å². The molecule has 0 heterocycles. The third-order valence-electron chi connectivity index (χ3n) is 1.72. The molecule has 0 spiro atoms. The summed E-state index contributed by atoms with van der Waals surface area (Å²) in [5, 5.41) is 11.3. The Hall–Kier alpha value is -0.820. The van der Waals surface area contributed by atoms with Gasteiger partial charge in [-0.2, -0.15) is 0 Å². The van der Waals surface area contributed by atoms with E-state index in [1.165, 1.54) is 0 Å². The fourth-order valence-corrected chi connectivity index (χ4v) is 1.10. The fourth-order valence-electron chi connectivity index (χ4n) is 1.10. The van der Waals surface area contributed by atoms with Gasteiger partial charge >= 0.3 is 0 Å². The molecule has 0 aliphatic rings. The van der Waals surface area contributed by atoms with Crippen LogP contribution in [0.2, 0.25) is 0 Å². The highest BCUT2D eigenvalue weighted by Crippen LogP contribution is 2.17. The first-order valence-corrected chi connectivity index (χ1v) is 4.05. The molecule has 1 radical (unpaired) electrons. The Morgan fingerprint density at radius 1 is 1.27 bits per heavy atom. The molecule has 0 aliphatic carbocycles. The molecule has 0 fully saturated rings. The molecule has 1 rings (SSSR count). The van der Waals surface area contributed by atoms with E-state index in [1.54, 1.807) is 0 Å². The van der Waals surface area contributed by atoms with Crippen molar-refractivity contribution in [1.29, 1.82) is 0 Å². The van der Waals surface area contributed by atoms with E-state index in [-0.39, 0.29) is 0 Å². The molecule has 0 aliphatic heterocycles. The summed E-state index contributed by atoms with van der Waals surface area (Å²) in [7, 11) is 0. The summed E-state index contributed by atoms with van der Waals surface area (Å²) in [6.45, 7) is 2.04. The maximum atomic E-state index is 11.3. The van der Waals surface area contributed by atoms with Crippen molar-refractivity contribution < 1.29 is 5.11 Å². The van der Waals surface area contributed by atoms with Crippen LogP contribution in [0.1, 0.15) is 31.4 Å². The summed E-state index contributed by atoms with van der Waals surface area (Å²) in [4.78, 5) is 0. The van der Waals surface area contributed by atoms with Crippen molar-refractivity contribution in [3.05, 3.63) is 35.9 Å². The number of benzene rings is 1. The van der Waals surface area contributed by atoms with Gasteiger partial charge in [-0.25, -0.2) is 5.11 Å². The predicted octanol–water partition coefficient (Wildman–Crippen LogP) is 2.96. The quantitative estimate of drug-likeness (QED) is 0.629. The zero-order chi connectivity index (χ0) is 8.10. The number of hydrogen-bond acceptors (Lipinski definition) is 0. The van der Waals surface area contributed by atoms with E-state index in [4.69, 9.17) is 0 Å². The standard InChI is InChI=1S/C10H13O/c1-2-6-10(11)9-7-4-3-5-8-9/h3-5,7-8,10H,2,6H2,1H3. The van der Waals surface area contributed by atoms with Gasteiger partial charge in [0.15, 0.2) is 0 Å². The first-order chi connectivity index (χ1) is 5.34. The van der Waals surface area contributed by atoms with Crippen LogP contribution in [-0.4, -0.2) is 0 Å². The zero-order valence-corrected chi connectivity index (χ0v) is 6.79. The van der Waals surface area contributed by atoms with Crippen LogP contribution in [0.15, 0.2) is 30.3 Å². The van der Waals surface area contributed by atoms with Gasteiger partial charge in [0.1, 0.15) is 6.10 Å². The molecule has 1 aromatic carbocycles. The minimum absolute atomic E-state index is 0.527. The van der Waals surface area contributed by atoms with Gasteiger partial charge in [-0.15, -0.1) is 0 Å². The van der Waals surface area contributed by atoms with Crippen molar-refractivity contribution in [2.24, 2.45) is 0 Å². The summed E-state index contributed by atoms with van der Waals surface area (Å²) >= 11 is 0. The minimum atomic E-state index is -0.527. The van der Waals surface area contributed by atoms with Crippen LogP contribution in [0.4, 0.5) is 0 Å². The van der Waals surface area contributed by atoms with Crippen LogP contribution < -0.4 is 0 Å². The van der Waals surface area contributed by atoms with E-state index in [2.05, 4.69) is 0 Å². The van der Waals surface area contributed by atoms with E-state index in [0.717, 1.165) is 18.4 Å². The van der Waals surface area contributed by atoms with Crippen molar-refractivity contribution in [3.63, 3.8) is 0 Å². The van der Waals surface area contributed by atoms with Gasteiger partial charge in [-0.3, -0.25) is 0 Å². The third-order valence-corrected chi connectivity index (χ3v) is 1.72. The Morgan fingerprint density at radius 2 is 1.91 bits per heavy atom. The first-order valence-electron chi connectivity index (χ1n) is 4.05.